The summed E-state index contributed by atoms with van der Waals surface area (Å²) in [6, 6.07) is 10.2. The van der Waals surface area contributed by atoms with Gasteiger partial charge in [0.15, 0.2) is 5.89 Å². The molecule has 2 fully saturated rings. The second kappa shape index (κ2) is 7.55. The van der Waals surface area contributed by atoms with Crippen LogP contribution in [0.25, 0.3) is 0 Å². The van der Waals surface area contributed by atoms with Gasteiger partial charge in [0.25, 0.3) is 5.91 Å². The zero-order valence-electron chi connectivity index (χ0n) is 18.1. The van der Waals surface area contributed by atoms with Crippen LogP contribution in [-0.4, -0.2) is 33.5 Å². The minimum atomic E-state index is -1.06. The highest BCUT2D eigenvalue weighted by atomic mass is 16.4. The van der Waals surface area contributed by atoms with Crippen LogP contribution in [0.15, 0.2) is 28.7 Å². The molecule has 0 radical (unpaired) electrons. The Labute approximate surface area is 177 Å². The summed E-state index contributed by atoms with van der Waals surface area (Å²) < 4.78 is 5.88. The number of carbonyl (C=O) groups is 1. The molecule has 6 nitrogen and oxygen atoms in total. The first kappa shape index (κ1) is 20.6. The van der Waals surface area contributed by atoms with E-state index in [1.54, 1.807) is 13.8 Å². The van der Waals surface area contributed by atoms with Gasteiger partial charge in [-0.2, -0.15) is 5.26 Å². The van der Waals surface area contributed by atoms with Crippen LogP contribution < -0.4 is 0 Å². The highest BCUT2D eigenvalue weighted by Gasteiger charge is 2.39. The number of aliphatic hydroxyl groups is 1. The van der Waals surface area contributed by atoms with Gasteiger partial charge in [-0.15, -0.1) is 0 Å². The van der Waals surface area contributed by atoms with Crippen molar-refractivity contribution >= 4 is 5.91 Å². The standard InChI is InChI=1S/C24H29N3O3/c1-14-5-6-18(22-26-21(15(2)30-22)24(3,4)29)13-27(14)23(28)17-9-7-16(8-10-17)20-11-19(20)12-25/h7-10,14,18-20,29H,5-6,11,13H2,1-4H3/t14-,18-,19?,20?/m1/s1. The highest BCUT2D eigenvalue weighted by Crippen LogP contribution is 2.46. The average Bonchev–Trinajstić information content (AvgIpc) is 3.40. The van der Waals surface area contributed by atoms with Crippen LogP contribution in [0.5, 0.6) is 0 Å². The van der Waals surface area contributed by atoms with E-state index in [0.29, 0.717) is 35.4 Å². The van der Waals surface area contributed by atoms with Crippen molar-refractivity contribution in [2.24, 2.45) is 5.92 Å². The lowest BCUT2D eigenvalue weighted by molar-refractivity contribution is 0.0594. The lowest BCUT2D eigenvalue weighted by Gasteiger charge is -2.37. The minimum Gasteiger partial charge on any atom is -0.445 e. The molecule has 1 saturated carbocycles. The van der Waals surface area contributed by atoms with Crippen LogP contribution >= 0.6 is 0 Å². The fourth-order valence-corrected chi connectivity index (χ4v) is 4.50. The predicted molar refractivity (Wildman–Crippen MR) is 112 cm³/mol. The predicted octanol–water partition coefficient (Wildman–Crippen LogP) is 4.25. The maximum Gasteiger partial charge on any atom is 0.254 e. The fourth-order valence-electron chi connectivity index (χ4n) is 4.50. The summed E-state index contributed by atoms with van der Waals surface area (Å²) in [4.78, 5) is 19.7. The molecule has 2 unspecified atom stereocenters. The van der Waals surface area contributed by atoms with Gasteiger partial charge in [-0.1, -0.05) is 12.1 Å². The molecule has 2 aromatic rings. The molecule has 0 bridgehead atoms. The molecule has 1 aliphatic heterocycles. The van der Waals surface area contributed by atoms with Crippen molar-refractivity contribution in [3.8, 4) is 6.07 Å². The molecule has 1 amide bonds. The van der Waals surface area contributed by atoms with E-state index in [1.165, 1.54) is 0 Å². The van der Waals surface area contributed by atoms with Gasteiger partial charge in [0.1, 0.15) is 17.1 Å². The Morgan fingerprint density at radius 2 is 2.00 bits per heavy atom. The van der Waals surface area contributed by atoms with Gasteiger partial charge in [0.05, 0.1) is 17.9 Å². The summed E-state index contributed by atoms with van der Waals surface area (Å²) in [5, 5.41) is 19.3. The van der Waals surface area contributed by atoms with Gasteiger partial charge in [-0.05, 0) is 64.7 Å². The zero-order valence-corrected chi connectivity index (χ0v) is 18.1. The minimum absolute atomic E-state index is 0.0115. The van der Waals surface area contributed by atoms with Crippen molar-refractivity contribution in [3.05, 3.63) is 52.7 Å². The van der Waals surface area contributed by atoms with E-state index < -0.39 is 5.60 Å². The second-order valence-electron chi connectivity index (χ2n) is 9.30. The van der Waals surface area contributed by atoms with Crippen molar-refractivity contribution < 1.29 is 14.3 Å². The highest BCUT2D eigenvalue weighted by molar-refractivity contribution is 5.94. The van der Waals surface area contributed by atoms with Crippen LogP contribution in [0.3, 0.4) is 0 Å². The molecular formula is C24H29N3O3. The summed E-state index contributed by atoms with van der Waals surface area (Å²) in [6.07, 6.45) is 2.68. The SMILES string of the molecule is Cc1oc([C@@H]2CC[C@@H](C)N(C(=O)c3ccc(C4CC4C#N)cc3)C2)nc1C(C)(C)O. The topological polar surface area (TPSA) is 90.4 Å². The monoisotopic (exact) mass is 407 g/mol. The summed E-state index contributed by atoms with van der Waals surface area (Å²) in [7, 11) is 0. The first-order valence-electron chi connectivity index (χ1n) is 10.7. The van der Waals surface area contributed by atoms with Crippen molar-refractivity contribution in [3.63, 3.8) is 0 Å². The molecule has 6 heteroatoms. The number of carbonyl (C=O) groups excluding carboxylic acids is 1. The molecule has 1 N–H and O–H groups in total. The van der Waals surface area contributed by atoms with Gasteiger partial charge >= 0.3 is 0 Å². The number of hydrogen-bond donors (Lipinski definition) is 1. The molecule has 4 rings (SSSR count). The van der Waals surface area contributed by atoms with Crippen LogP contribution in [0, 0.1) is 24.2 Å². The molecule has 1 aromatic heterocycles. The van der Waals surface area contributed by atoms with Gasteiger partial charge < -0.3 is 14.4 Å². The molecule has 1 aromatic carbocycles. The van der Waals surface area contributed by atoms with E-state index in [2.05, 4.69) is 18.0 Å². The van der Waals surface area contributed by atoms with E-state index in [1.807, 2.05) is 36.1 Å². The number of aryl methyl sites for hydroxylation is 1. The summed E-state index contributed by atoms with van der Waals surface area (Å²) in [5.41, 5.74) is 1.30. The lowest BCUT2D eigenvalue weighted by atomic mass is 9.92. The van der Waals surface area contributed by atoms with Crippen molar-refractivity contribution in [2.45, 2.75) is 70.4 Å². The molecule has 1 saturated heterocycles. The Kier molecular flexibility index (Phi) is 5.19. The normalized spacial score (nSPS) is 26.3. The number of amides is 1. The van der Waals surface area contributed by atoms with Gasteiger partial charge in [0.2, 0.25) is 0 Å². The Balaban J connectivity index is 1.50. The average molecular weight is 408 g/mol. The van der Waals surface area contributed by atoms with Crippen LogP contribution in [0.1, 0.15) is 85.1 Å². The Morgan fingerprint density at radius 3 is 2.57 bits per heavy atom. The number of rotatable bonds is 4. The van der Waals surface area contributed by atoms with E-state index in [-0.39, 0.29) is 23.8 Å². The number of piperidine rings is 1. The lowest BCUT2D eigenvalue weighted by Crippen LogP contribution is -2.45. The molecule has 4 atom stereocenters. The smallest absolute Gasteiger partial charge is 0.254 e. The van der Waals surface area contributed by atoms with Gasteiger partial charge in [-0.25, -0.2) is 4.98 Å². The van der Waals surface area contributed by atoms with Crippen LogP contribution in [-0.2, 0) is 5.60 Å². The largest absolute Gasteiger partial charge is 0.445 e. The van der Waals surface area contributed by atoms with E-state index in [0.717, 1.165) is 24.8 Å². The number of hydrogen-bond acceptors (Lipinski definition) is 5. The molecule has 2 aliphatic rings. The molecule has 158 valence electrons. The van der Waals surface area contributed by atoms with Crippen LogP contribution in [0.2, 0.25) is 0 Å². The number of benzene rings is 1. The molecule has 30 heavy (non-hydrogen) atoms. The Hall–Kier alpha value is -2.65. The summed E-state index contributed by atoms with van der Waals surface area (Å²) >= 11 is 0. The maximum atomic E-state index is 13.2. The number of nitriles is 1. The van der Waals surface area contributed by atoms with E-state index in [4.69, 9.17) is 9.68 Å². The number of likely N-dealkylation sites (tertiary alicyclic amines) is 1. The summed E-state index contributed by atoms with van der Waals surface area (Å²) in [6.45, 7) is 7.84. The van der Waals surface area contributed by atoms with E-state index in [9.17, 15) is 9.90 Å². The first-order valence-corrected chi connectivity index (χ1v) is 10.7. The Morgan fingerprint density at radius 1 is 1.30 bits per heavy atom. The molecule has 2 heterocycles. The zero-order chi connectivity index (χ0) is 21.6. The maximum absolute atomic E-state index is 13.2. The number of oxazole rings is 1. The first-order chi connectivity index (χ1) is 14.2. The second-order valence-corrected chi connectivity index (χ2v) is 9.30. The molecule has 0 spiro atoms. The van der Waals surface area contributed by atoms with Crippen molar-refractivity contribution in [1.82, 2.24) is 9.88 Å². The van der Waals surface area contributed by atoms with Crippen molar-refractivity contribution in [2.75, 3.05) is 6.54 Å². The van der Waals surface area contributed by atoms with E-state index >= 15 is 0 Å². The summed E-state index contributed by atoms with van der Waals surface area (Å²) in [5.74, 6) is 1.68. The fraction of sp³-hybridized carbons (Fsp3) is 0.542. The third kappa shape index (κ3) is 3.87. The quantitative estimate of drug-likeness (QED) is 0.818. The third-order valence-electron chi connectivity index (χ3n) is 6.43. The number of aromatic nitrogens is 1. The van der Waals surface area contributed by atoms with Crippen LogP contribution in [0.4, 0.5) is 0 Å². The number of nitrogens with zero attached hydrogens (tertiary/aromatic N) is 3. The molecular weight excluding hydrogens is 378 g/mol. The van der Waals surface area contributed by atoms with Gasteiger partial charge in [-0.3, -0.25) is 4.79 Å². The third-order valence-corrected chi connectivity index (χ3v) is 6.43. The van der Waals surface area contributed by atoms with Gasteiger partial charge in [0, 0.05) is 24.1 Å². The Bertz CT molecular complexity index is 981. The van der Waals surface area contributed by atoms with Crippen molar-refractivity contribution in [1.29, 1.82) is 5.26 Å². The molecule has 1 aliphatic carbocycles.